The van der Waals surface area contributed by atoms with Gasteiger partial charge in [-0.25, -0.2) is 0 Å². The van der Waals surface area contributed by atoms with Gasteiger partial charge in [0.25, 0.3) is 0 Å². The third kappa shape index (κ3) is 5.37. The number of morpholine rings is 1. The van der Waals surface area contributed by atoms with Gasteiger partial charge >= 0.3 is 130 Å². The number of rotatable bonds is 3. The number of cyclic esters (lactones) is 1. The summed E-state index contributed by atoms with van der Waals surface area (Å²) in [5.74, 6) is -0.566. The van der Waals surface area contributed by atoms with Gasteiger partial charge in [-0.05, 0) is 0 Å². The molecule has 3 radical (unpaired) electrons. The fraction of sp³-hybridized carbons (Fsp3) is 0.846. The van der Waals surface area contributed by atoms with E-state index in [0.717, 1.165) is 25.8 Å². The van der Waals surface area contributed by atoms with Gasteiger partial charge in [0.15, 0.2) is 0 Å². The Balaban J connectivity index is 2.69. The topological polar surface area (TPSA) is 64.6 Å². The van der Waals surface area contributed by atoms with Gasteiger partial charge in [-0.3, -0.25) is 0 Å². The summed E-state index contributed by atoms with van der Waals surface area (Å²) >= 11 is 0.902. The Kier molecular flexibility index (Phi) is 5.39. The molecule has 5 nitrogen and oxygen atoms in total. The minimum atomic E-state index is -0.525. The zero-order chi connectivity index (χ0) is 14.8. The van der Waals surface area contributed by atoms with E-state index in [4.69, 9.17) is 9.47 Å². The van der Waals surface area contributed by atoms with Crippen LogP contribution in [-0.2, 0) is 19.1 Å². The molecule has 0 saturated carbocycles. The van der Waals surface area contributed by atoms with Gasteiger partial charge in [0.1, 0.15) is 0 Å². The van der Waals surface area contributed by atoms with Crippen molar-refractivity contribution in [1.29, 1.82) is 0 Å². The van der Waals surface area contributed by atoms with Crippen molar-refractivity contribution in [2.45, 2.75) is 56.3 Å². The molecule has 2 atom stereocenters. The van der Waals surface area contributed by atoms with Gasteiger partial charge in [-0.2, -0.15) is 0 Å². The van der Waals surface area contributed by atoms with E-state index in [9.17, 15) is 9.59 Å². The van der Waals surface area contributed by atoms with Gasteiger partial charge < -0.3 is 0 Å². The Labute approximate surface area is 130 Å². The fourth-order valence-corrected chi connectivity index (χ4v) is 2.93. The minimum absolute atomic E-state index is 0.186. The molecule has 1 saturated heterocycles. The molecule has 1 aliphatic heterocycles. The standard InChI is InChI=1S/C13H22NO4.Pb/c1-12(2,3)18-9(15)8-13(4,5)10-11(16)17-7-6-14-10;/h6,10,14H,7-8H2,1-5H3;. The first-order valence-electron chi connectivity index (χ1n) is 6.37. The Bertz CT molecular complexity index is 362. The Morgan fingerprint density at radius 1 is 1.42 bits per heavy atom. The normalized spacial score (nSPS) is 24.8. The second-order valence-corrected chi connectivity index (χ2v) is 9.24. The van der Waals surface area contributed by atoms with Crippen molar-refractivity contribution in [1.82, 2.24) is 5.32 Å². The summed E-state index contributed by atoms with van der Waals surface area (Å²) in [6.45, 7) is 9.70. The second kappa shape index (κ2) is 6.07. The molecule has 0 bridgehead atoms. The van der Waals surface area contributed by atoms with Crippen LogP contribution in [0.5, 0.6) is 0 Å². The molecule has 0 spiro atoms. The Hall–Kier alpha value is -0.178. The van der Waals surface area contributed by atoms with Crippen molar-refractivity contribution in [2.24, 2.45) is 5.41 Å². The molecule has 1 aliphatic rings. The summed E-state index contributed by atoms with van der Waals surface area (Å²) < 4.78 is 10.7. The molecule has 1 N–H and O–H groups in total. The summed E-state index contributed by atoms with van der Waals surface area (Å²) in [6.07, 6.45) is 0.186. The average Bonchev–Trinajstić information content (AvgIpc) is 2.17. The predicted molar refractivity (Wildman–Crippen MR) is 71.7 cm³/mol. The molecule has 1 heterocycles. The first-order chi connectivity index (χ1) is 8.51. The molecule has 19 heavy (non-hydrogen) atoms. The molecule has 0 aromatic rings. The summed E-state index contributed by atoms with van der Waals surface area (Å²) in [5, 5.41) is 3.25. The number of esters is 2. The number of carbonyl (C=O) groups excluding carboxylic acids is 2. The van der Waals surface area contributed by atoms with Crippen molar-refractivity contribution < 1.29 is 19.1 Å². The van der Waals surface area contributed by atoms with Crippen molar-refractivity contribution in [2.75, 3.05) is 6.61 Å². The fourth-order valence-electron chi connectivity index (χ4n) is 1.96. The average molecular weight is 464 g/mol. The molecule has 6 heteroatoms. The van der Waals surface area contributed by atoms with Crippen molar-refractivity contribution >= 4 is 37.7 Å². The second-order valence-electron chi connectivity index (χ2n) is 6.53. The van der Waals surface area contributed by atoms with E-state index in [1.807, 2.05) is 34.6 Å². The van der Waals surface area contributed by atoms with E-state index >= 15 is 0 Å². The van der Waals surface area contributed by atoms with Crippen molar-refractivity contribution in [3.05, 3.63) is 0 Å². The van der Waals surface area contributed by atoms with Gasteiger partial charge in [0.2, 0.25) is 0 Å². The summed E-state index contributed by atoms with van der Waals surface area (Å²) in [4.78, 5) is 23.7. The summed E-state index contributed by atoms with van der Waals surface area (Å²) in [6, 6.07) is -0.448. The van der Waals surface area contributed by atoms with Crippen LogP contribution >= 0.6 is 0 Å². The molecule has 0 aromatic carbocycles. The third-order valence-electron chi connectivity index (χ3n) is 2.80. The van der Waals surface area contributed by atoms with E-state index in [0.29, 0.717) is 6.61 Å². The number of nitrogens with one attached hydrogen (secondary N) is 1. The zero-order valence-corrected chi connectivity index (χ0v) is 16.1. The van der Waals surface area contributed by atoms with Crippen LogP contribution in [0.1, 0.15) is 41.0 Å². The van der Waals surface area contributed by atoms with Gasteiger partial charge in [-0.15, -0.1) is 0 Å². The van der Waals surface area contributed by atoms with Crippen LogP contribution in [0.2, 0.25) is 0 Å². The maximum absolute atomic E-state index is 11.9. The van der Waals surface area contributed by atoms with Gasteiger partial charge in [0.05, 0.1) is 0 Å². The van der Waals surface area contributed by atoms with Gasteiger partial charge in [0, 0.05) is 0 Å². The van der Waals surface area contributed by atoms with Crippen LogP contribution in [0.25, 0.3) is 0 Å². The van der Waals surface area contributed by atoms with Crippen LogP contribution < -0.4 is 5.32 Å². The van der Waals surface area contributed by atoms with E-state index in [2.05, 4.69) is 5.32 Å². The molecule has 0 aromatic heterocycles. The SMILES string of the molecule is CC(C)(C)OC(=O)CC(C)(C)C1N[CH]([Pb])COC1=O. The first-order valence-corrected chi connectivity index (χ1v) is 8.61. The van der Waals surface area contributed by atoms with Crippen LogP contribution in [-0.4, -0.2) is 59.6 Å². The quantitative estimate of drug-likeness (QED) is 0.495. The van der Waals surface area contributed by atoms with E-state index < -0.39 is 17.1 Å². The summed E-state index contributed by atoms with van der Waals surface area (Å²) in [5.41, 5.74) is -1.03. The molecule has 1 rings (SSSR count). The van der Waals surface area contributed by atoms with Crippen LogP contribution in [0, 0.1) is 5.41 Å². The predicted octanol–water partition coefficient (Wildman–Crippen LogP) is 0.754. The molecular weight excluding hydrogens is 441 g/mol. The molecule has 0 aliphatic carbocycles. The van der Waals surface area contributed by atoms with E-state index in [1.165, 1.54) is 0 Å². The Morgan fingerprint density at radius 2 is 2.00 bits per heavy atom. The van der Waals surface area contributed by atoms with E-state index in [-0.39, 0.29) is 22.0 Å². The molecule has 107 valence electrons. The number of ether oxygens (including phenoxy) is 2. The van der Waals surface area contributed by atoms with Gasteiger partial charge in [-0.1, -0.05) is 0 Å². The zero-order valence-electron chi connectivity index (χ0n) is 12.2. The maximum atomic E-state index is 11.9. The molecular formula is C13H22NO4Pb. The molecule has 2 unspecified atom stereocenters. The first kappa shape index (κ1) is 16.9. The third-order valence-corrected chi connectivity index (χ3v) is 4.09. The van der Waals surface area contributed by atoms with Crippen LogP contribution in [0.15, 0.2) is 0 Å². The Morgan fingerprint density at radius 3 is 2.53 bits per heavy atom. The van der Waals surface area contributed by atoms with E-state index in [1.54, 1.807) is 0 Å². The van der Waals surface area contributed by atoms with Crippen LogP contribution in [0.3, 0.4) is 0 Å². The monoisotopic (exact) mass is 464 g/mol. The number of carbonyl (C=O) groups is 2. The molecule has 0 amide bonds. The molecule has 1 fully saturated rings. The number of hydrogen-bond acceptors (Lipinski definition) is 5. The summed E-state index contributed by atoms with van der Waals surface area (Å²) in [7, 11) is 0. The van der Waals surface area contributed by atoms with Crippen LogP contribution in [0.4, 0.5) is 0 Å². The van der Waals surface area contributed by atoms with Crippen molar-refractivity contribution in [3.63, 3.8) is 0 Å². The number of hydrogen-bond donors (Lipinski definition) is 1. The van der Waals surface area contributed by atoms with Crippen molar-refractivity contribution in [3.8, 4) is 0 Å².